The van der Waals surface area contributed by atoms with E-state index in [0.29, 0.717) is 18.3 Å². The van der Waals surface area contributed by atoms with Crippen molar-refractivity contribution in [1.82, 2.24) is 5.32 Å². The molecule has 1 saturated carbocycles. The molecule has 1 saturated heterocycles. The van der Waals surface area contributed by atoms with Crippen molar-refractivity contribution >= 4 is 0 Å². The van der Waals surface area contributed by atoms with Gasteiger partial charge in [-0.1, -0.05) is 0 Å². The zero-order valence-corrected chi connectivity index (χ0v) is 9.00. The minimum atomic E-state index is 0.433. The first-order chi connectivity index (χ1) is 6.88. The van der Waals surface area contributed by atoms with Crippen LogP contribution in [0, 0.1) is 0 Å². The van der Waals surface area contributed by atoms with Crippen molar-refractivity contribution in [3.8, 4) is 0 Å². The molecule has 1 heterocycles. The molecule has 0 spiro atoms. The fourth-order valence-electron chi connectivity index (χ4n) is 2.46. The van der Waals surface area contributed by atoms with Crippen LogP contribution < -0.4 is 5.32 Å². The Morgan fingerprint density at radius 3 is 2.64 bits per heavy atom. The molecule has 3 heteroatoms. The molecule has 0 aromatic carbocycles. The zero-order chi connectivity index (χ0) is 9.80. The molecule has 2 fully saturated rings. The predicted molar refractivity (Wildman–Crippen MR) is 55.4 cm³/mol. The van der Waals surface area contributed by atoms with Crippen molar-refractivity contribution in [2.75, 3.05) is 20.2 Å². The van der Waals surface area contributed by atoms with Crippen LogP contribution in [0.2, 0.25) is 0 Å². The van der Waals surface area contributed by atoms with E-state index in [1.54, 1.807) is 0 Å². The van der Waals surface area contributed by atoms with Gasteiger partial charge in [0.25, 0.3) is 0 Å². The first-order valence-electron chi connectivity index (χ1n) is 5.77. The molecule has 14 heavy (non-hydrogen) atoms. The van der Waals surface area contributed by atoms with Crippen LogP contribution in [0.5, 0.6) is 0 Å². The van der Waals surface area contributed by atoms with Crippen LogP contribution in [0.3, 0.4) is 0 Å². The maximum absolute atomic E-state index is 6.04. The minimum absolute atomic E-state index is 0.433. The number of nitrogens with one attached hydrogen (secondary N) is 1. The molecule has 3 atom stereocenters. The third-order valence-electron chi connectivity index (χ3n) is 3.31. The molecular weight excluding hydrogens is 178 g/mol. The van der Waals surface area contributed by atoms with Gasteiger partial charge in [-0.3, -0.25) is 0 Å². The second kappa shape index (κ2) is 5.10. The Kier molecular flexibility index (Phi) is 3.79. The monoisotopic (exact) mass is 199 g/mol. The summed E-state index contributed by atoms with van der Waals surface area (Å²) >= 11 is 0. The molecule has 3 unspecified atom stereocenters. The summed E-state index contributed by atoms with van der Waals surface area (Å²) in [6.45, 7) is 2.15. The highest BCUT2D eigenvalue weighted by Crippen LogP contribution is 2.24. The number of hydrogen-bond acceptors (Lipinski definition) is 3. The van der Waals surface area contributed by atoms with Crippen LogP contribution in [0.15, 0.2) is 0 Å². The van der Waals surface area contributed by atoms with Crippen LogP contribution >= 0.6 is 0 Å². The van der Waals surface area contributed by atoms with Crippen molar-refractivity contribution in [1.29, 1.82) is 0 Å². The van der Waals surface area contributed by atoms with Crippen LogP contribution in [0.1, 0.15) is 32.1 Å². The normalized spacial score (nSPS) is 38.8. The van der Waals surface area contributed by atoms with Crippen LogP contribution in [-0.4, -0.2) is 38.5 Å². The summed E-state index contributed by atoms with van der Waals surface area (Å²) < 4.78 is 11.4. The average Bonchev–Trinajstić information content (AvgIpc) is 2.71. The highest BCUT2D eigenvalue weighted by Gasteiger charge is 2.26. The number of ether oxygens (including phenoxy) is 2. The lowest BCUT2D eigenvalue weighted by molar-refractivity contribution is -0.0581. The van der Waals surface area contributed by atoms with Crippen LogP contribution in [0.25, 0.3) is 0 Å². The fraction of sp³-hybridized carbons (Fsp3) is 1.00. The zero-order valence-electron chi connectivity index (χ0n) is 9.00. The Hall–Kier alpha value is -0.120. The second-order valence-corrected chi connectivity index (χ2v) is 4.40. The lowest BCUT2D eigenvalue weighted by Gasteiger charge is -2.30. The van der Waals surface area contributed by atoms with E-state index in [1.807, 2.05) is 7.11 Å². The summed E-state index contributed by atoms with van der Waals surface area (Å²) in [6.07, 6.45) is 7.28. The van der Waals surface area contributed by atoms with E-state index < -0.39 is 0 Å². The SMILES string of the molecule is COC1CCCC(OC2CCNC2)C1. The lowest BCUT2D eigenvalue weighted by atomic mass is 9.95. The first-order valence-corrected chi connectivity index (χ1v) is 5.77. The molecule has 0 aromatic heterocycles. The van der Waals surface area contributed by atoms with Gasteiger partial charge in [0.05, 0.1) is 18.3 Å². The predicted octanol–water partition coefficient (Wildman–Crippen LogP) is 1.32. The Bertz CT molecular complexity index is 169. The molecule has 2 rings (SSSR count). The van der Waals surface area contributed by atoms with Gasteiger partial charge >= 0.3 is 0 Å². The maximum atomic E-state index is 6.04. The van der Waals surface area contributed by atoms with Gasteiger partial charge in [-0.25, -0.2) is 0 Å². The second-order valence-electron chi connectivity index (χ2n) is 4.40. The van der Waals surface area contributed by atoms with Gasteiger partial charge in [0.15, 0.2) is 0 Å². The van der Waals surface area contributed by atoms with Gasteiger partial charge in [-0.2, -0.15) is 0 Å². The van der Waals surface area contributed by atoms with Crippen molar-refractivity contribution in [2.24, 2.45) is 0 Å². The minimum Gasteiger partial charge on any atom is -0.381 e. The van der Waals surface area contributed by atoms with E-state index in [0.717, 1.165) is 19.5 Å². The molecule has 1 aliphatic heterocycles. The summed E-state index contributed by atoms with van der Waals surface area (Å²) in [7, 11) is 1.81. The molecule has 82 valence electrons. The van der Waals surface area contributed by atoms with Gasteiger partial charge in [-0.15, -0.1) is 0 Å². The molecule has 1 N–H and O–H groups in total. The molecule has 1 aliphatic carbocycles. The van der Waals surface area contributed by atoms with Crippen LogP contribution in [-0.2, 0) is 9.47 Å². The fourth-order valence-corrected chi connectivity index (χ4v) is 2.46. The highest BCUT2D eigenvalue weighted by atomic mass is 16.5. The molecule has 0 bridgehead atoms. The van der Waals surface area contributed by atoms with Gasteiger partial charge < -0.3 is 14.8 Å². The van der Waals surface area contributed by atoms with Crippen molar-refractivity contribution in [3.63, 3.8) is 0 Å². The third-order valence-corrected chi connectivity index (χ3v) is 3.31. The van der Waals surface area contributed by atoms with E-state index in [4.69, 9.17) is 9.47 Å². The quantitative estimate of drug-likeness (QED) is 0.743. The Balaban J connectivity index is 1.73. The smallest absolute Gasteiger partial charge is 0.0715 e. The van der Waals surface area contributed by atoms with Crippen molar-refractivity contribution < 1.29 is 9.47 Å². The maximum Gasteiger partial charge on any atom is 0.0715 e. The molecule has 3 nitrogen and oxygen atoms in total. The summed E-state index contributed by atoms with van der Waals surface area (Å²) in [5, 5.41) is 3.33. The summed E-state index contributed by atoms with van der Waals surface area (Å²) in [5.74, 6) is 0. The van der Waals surface area contributed by atoms with Crippen molar-refractivity contribution in [3.05, 3.63) is 0 Å². The molecular formula is C11H21NO2. The van der Waals surface area contributed by atoms with E-state index in [-0.39, 0.29) is 0 Å². The number of methoxy groups -OCH3 is 1. The van der Waals surface area contributed by atoms with E-state index in [2.05, 4.69) is 5.32 Å². The Labute approximate surface area is 86.2 Å². The van der Waals surface area contributed by atoms with Gasteiger partial charge in [0, 0.05) is 13.7 Å². The van der Waals surface area contributed by atoms with Gasteiger partial charge in [0.2, 0.25) is 0 Å². The summed E-state index contributed by atoms with van der Waals surface area (Å²) in [5.41, 5.74) is 0. The third kappa shape index (κ3) is 2.69. The van der Waals surface area contributed by atoms with Gasteiger partial charge in [0.1, 0.15) is 0 Å². The molecule has 0 aromatic rings. The van der Waals surface area contributed by atoms with Crippen molar-refractivity contribution in [2.45, 2.75) is 50.4 Å². The Morgan fingerprint density at radius 1 is 1.07 bits per heavy atom. The lowest BCUT2D eigenvalue weighted by Crippen LogP contribution is -2.31. The molecule has 0 radical (unpaired) electrons. The van der Waals surface area contributed by atoms with E-state index in [9.17, 15) is 0 Å². The summed E-state index contributed by atoms with van der Waals surface area (Å²) in [6, 6.07) is 0. The average molecular weight is 199 g/mol. The molecule has 0 amide bonds. The Morgan fingerprint density at radius 2 is 1.93 bits per heavy atom. The number of rotatable bonds is 3. The van der Waals surface area contributed by atoms with Gasteiger partial charge in [-0.05, 0) is 38.6 Å². The largest absolute Gasteiger partial charge is 0.381 e. The van der Waals surface area contributed by atoms with Crippen LogP contribution in [0.4, 0.5) is 0 Å². The van der Waals surface area contributed by atoms with E-state index in [1.165, 1.54) is 25.7 Å². The molecule has 2 aliphatic rings. The van der Waals surface area contributed by atoms with E-state index >= 15 is 0 Å². The summed E-state index contributed by atoms with van der Waals surface area (Å²) in [4.78, 5) is 0. The number of hydrogen-bond donors (Lipinski definition) is 1. The standard InChI is InChI=1S/C11H21NO2/c1-13-9-3-2-4-10(7-9)14-11-5-6-12-8-11/h9-12H,2-8H2,1H3. The highest BCUT2D eigenvalue weighted by molar-refractivity contribution is 4.78. The first kappa shape index (κ1) is 10.4. The topological polar surface area (TPSA) is 30.5 Å².